The predicted octanol–water partition coefficient (Wildman–Crippen LogP) is 0.855. The van der Waals surface area contributed by atoms with E-state index >= 15 is 0 Å². The van der Waals surface area contributed by atoms with E-state index in [0.717, 1.165) is 0 Å². The standard InChI is InChI=1S/C9H18N2O2Si/c1-6-7-14(8(12)10(2)3)9(13)11(4)5/h6-7,14H,1-5H3. The summed E-state index contributed by atoms with van der Waals surface area (Å²) in [6.45, 7) is 1.83. The number of amides is 2. The third kappa shape index (κ3) is 3.33. The molecule has 0 aromatic rings. The predicted molar refractivity (Wildman–Crippen MR) is 60.1 cm³/mol. The van der Waals surface area contributed by atoms with Crippen LogP contribution in [-0.2, 0) is 0 Å². The highest BCUT2D eigenvalue weighted by Gasteiger charge is 2.28. The maximum Gasteiger partial charge on any atom is 0.269 e. The number of nitrogens with zero attached hydrogens (tertiary/aromatic N) is 2. The van der Waals surface area contributed by atoms with Crippen molar-refractivity contribution in [2.75, 3.05) is 28.2 Å². The number of hydrogen-bond donors (Lipinski definition) is 0. The molecule has 0 aromatic carbocycles. The van der Waals surface area contributed by atoms with Crippen molar-refractivity contribution in [3.8, 4) is 0 Å². The van der Waals surface area contributed by atoms with E-state index in [1.807, 2.05) is 6.92 Å². The highest BCUT2D eigenvalue weighted by molar-refractivity contribution is 7.13. The van der Waals surface area contributed by atoms with Crippen molar-refractivity contribution < 1.29 is 9.59 Å². The maximum absolute atomic E-state index is 11.7. The minimum absolute atomic E-state index is 0.0539. The molecule has 0 atom stereocenters. The summed E-state index contributed by atoms with van der Waals surface area (Å²) in [7, 11) is 4.56. The van der Waals surface area contributed by atoms with Gasteiger partial charge in [-0.2, -0.15) is 0 Å². The molecule has 0 bridgehead atoms. The van der Waals surface area contributed by atoms with Crippen molar-refractivity contribution in [2.24, 2.45) is 0 Å². The lowest BCUT2D eigenvalue weighted by atomic mass is 10.8. The van der Waals surface area contributed by atoms with E-state index in [4.69, 9.17) is 0 Å². The third-order valence-electron chi connectivity index (χ3n) is 1.80. The molecule has 0 rings (SSSR count). The molecule has 0 unspecified atom stereocenters. The average Bonchev–Trinajstić information content (AvgIpc) is 2.11. The molecule has 0 fully saturated rings. The Hall–Kier alpha value is -1.10. The molecule has 14 heavy (non-hydrogen) atoms. The van der Waals surface area contributed by atoms with E-state index in [-0.39, 0.29) is 11.1 Å². The second-order valence-electron chi connectivity index (χ2n) is 3.47. The van der Waals surface area contributed by atoms with Gasteiger partial charge in [-0.25, -0.2) is 0 Å². The van der Waals surface area contributed by atoms with Crippen molar-refractivity contribution >= 4 is 19.9 Å². The molecule has 0 heterocycles. The second-order valence-corrected chi connectivity index (χ2v) is 5.80. The Morgan fingerprint density at radius 1 is 1.00 bits per heavy atom. The maximum atomic E-state index is 11.7. The number of carbonyl (C=O) groups is 2. The molecule has 0 aliphatic rings. The first-order valence-corrected chi connectivity index (χ1v) is 6.29. The highest BCUT2D eigenvalue weighted by atomic mass is 28.3. The van der Waals surface area contributed by atoms with E-state index in [0.29, 0.717) is 0 Å². The average molecular weight is 214 g/mol. The number of allylic oxidation sites excluding steroid dienone is 1. The minimum Gasteiger partial charge on any atom is -0.353 e. The van der Waals surface area contributed by atoms with Gasteiger partial charge in [-0.15, -0.1) is 0 Å². The van der Waals surface area contributed by atoms with Crippen LogP contribution in [-0.4, -0.2) is 57.8 Å². The van der Waals surface area contributed by atoms with Crippen molar-refractivity contribution in [3.05, 3.63) is 11.8 Å². The number of rotatable bonds is 3. The van der Waals surface area contributed by atoms with Crippen LogP contribution >= 0.6 is 0 Å². The van der Waals surface area contributed by atoms with Gasteiger partial charge in [0.2, 0.25) is 11.1 Å². The first-order valence-electron chi connectivity index (χ1n) is 4.47. The molecular weight excluding hydrogens is 196 g/mol. The summed E-state index contributed by atoms with van der Waals surface area (Å²) in [5.41, 5.74) is 1.65. The topological polar surface area (TPSA) is 40.6 Å². The van der Waals surface area contributed by atoms with Crippen molar-refractivity contribution in [1.29, 1.82) is 0 Å². The van der Waals surface area contributed by atoms with Gasteiger partial charge in [0.1, 0.15) is 0 Å². The van der Waals surface area contributed by atoms with Gasteiger partial charge in [0, 0.05) is 28.2 Å². The lowest BCUT2D eigenvalue weighted by Gasteiger charge is -2.19. The van der Waals surface area contributed by atoms with E-state index in [1.54, 1.807) is 40.0 Å². The van der Waals surface area contributed by atoms with Crippen molar-refractivity contribution in [1.82, 2.24) is 9.80 Å². The summed E-state index contributed by atoms with van der Waals surface area (Å²) in [5, 5.41) is 0. The van der Waals surface area contributed by atoms with Crippen LogP contribution in [0.2, 0.25) is 0 Å². The molecule has 0 saturated carbocycles. The molecule has 0 aliphatic carbocycles. The molecule has 80 valence electrons. The number of hydrogen-bond acceptors (Lipinski definition) is 2. The van der Waals surface area contributed by atoms with Crippen LogP contribution in [0.5, 0.6) is 0 Å². The molecule has 0 aliphatic heterocycles. The van der Waals surface area contributed by atoms with Crippen LogP contribution < -0.4 is 0 Å². The van der Waals surface area contributed by atoms with E-state index in [9.17, 15) is 9.59 Å². The van der Waals surface area contributed by atoms with Crippen LogP contribution in [0, 0.1) is 0 Å². The van der Waals surface area contributed by atoms with Crippen LogP contribution in [0.15, 0.2) is 11.8 Å². The summed E-state index contributed by atoms with van der Waals surface area (Å²) < 4.78 is 0. The summed E-state index contributed by atoms with van der Waals surface area (Å²) in [6.07, 6.45) is 1.78. The van der Waals surface area contributed by atoms with Crippen LogP contribution in [0.1, 0.15) is 6.92 Å². The zero-order chi connectivity index (χ0) is 11.3. The fourth-order valence-electron chi connectivity index (χ4n) is 1.02. The summed E-state index contributed by atoms with van der Waals surface area (Å²) >= 11 is 0. The first kappa shape index (κ1) is 12.9. The lowest BCUT2D eigenvalue weighted by Crippen LogP contribution is -2.45. The lowest BCUT2D eigenvalue weighted by molar-refractivity contribution is 0.232. The SMILES string of the molecule is CC=C[SiH](C(=O)N(C)C)C(=O)N(C)C. The monoisotopic (exact) mass is 214 g/mol. The van der Waals surface area contributed by atoms with Gasteiger partial charge in [0.15, 0.2) is 0 Å². The van der Waals surface area contributed by atoms with E-state index < -0.39 is 8.80 Å². The summed E-state index contributed by atoms with van der Waals surface area (Å²) in [4.78, 5) is 26.3. The number of carbonyl (C=O) groups excluding carboxylic acids is 2. The third-order valence-corrected chi connectivity index (χ3v) is 4.67. The first-order chi connectivity index (χ1) is 6.41. The second kappa shape index (κ2) is 5.59. The Labute approximate surface area is 86.8 Å². The zero-order valence-corrected chi connectivity index (χ0v) is 10.6. The summed E-state index contributed by atoms with van der Waals surface area (Å²) in [5.74, 6) is 0. The Morgan fingerprint density at radius 2 is 1.36 bits per heavy atom. The molecular formula is C9H18N2O2Si. The molecule has 0 saturated heterocycles. The molecule has 5 heteroatoms. The van der Waals surface area contributed by atoms with Gasteiger partial charge in [0.05, 0.1) is 0 Å². The van der Waals surface area contributed by atoms with E-state index in [2.05, 4.69) is 0 Å². The highest BCUT2D eigenvalue weighted by Crippen LogP contribution is 1.99. The fourth-order valence-corrected chi connectivity index (χ4v) is 3.06. The van der Waals surface area contributed by atoms with Crippen molar-refractivity contribution in [2.45, 2.75) is 6.92 Å². The Morgan fingerprint density at radius 3 is 1.57 bits per heavy atom. The Balaban J connectivity index is 4.77. The van der Waals surface area contributed by atoms with Gasteiger partial charge in [-0.3, -0.25) is 9.59 Å². The Bertz CT molecular complexity index is 229. The minimum atomic E-state index is -2.14. The molecule has 0 spiro atoms. The normalized spacial score (nSPS) is 10.7. The van der Waals surface area contributed by atoms with Gasteiger partial charge in [-0.05, 0) is 6.92 Å². The van der Waals surface area contributed by atoms with Gasteiger partial charge >= 0.3 is 0 Å². The molecule has 0 aromatic heterocycles. The van der Waals surface area contributed by atoms with Crippen molar-refractivity contribution in [3.63, 3.8) is 0 Å². The van der Waals surface area contributed by atoms with E-state index in [1.165, 1.54) is 9.80 Å². The Kier molecular flexibility index (Phi) is 5.15. The van der Waals surface area contributed by atoms with Gasteiger partial charge in [0.25, 0.3) is 8.80 Å². The quantitative estimate of drug-likeness (QED) is 0.654. The van der Waals surface area contributed by atoms with Crippen LogP contribution in [0.3, 0.4) is 0 Å². The van der Waals surface area contributed by atoms with Gasteiger partial charge in [-0.1, -0.05) is 11.8 Å². The molecule has 0 N–H and O–H groups in total. The zero-order valence-electron chi connectivity index (χ0n) is 9.44. The molecule has 2 amide bonds. The molecule has 4 nitrogen and oxygen atoms in total. The fraction of sp³-hybridized carbons (Fsp3) is 0.556. The van der Waals surface area contributed by atoms with Crippen LogP contribution in [0.25, 0.3) is 0 Å². The van der Waals surface area contributed by atoms with Gasteiger partial charge < -0.3 is 9.80 Å². The summed E-state index contributed by atoms with van der Waals surface area (Å²) in [6, 6.07) is 0. The smallest absolute Gasteiger partial charge is 0.269 e. The largest absolute Gasteiger partial charge is 0.353 e. The molecule has 0 radical (unpaired) electrons. The van der Waals surface area contributed by atoms with Crippen LogP contribution in [0.4, 0.5) is 9.59 Å².